The Morgan fingerprint density at radius 3 is 2.72 bits per heavy atom. The molecule has 3 aromatic rings. The van der Waals surface area contributed by atoms with Crippen molar-refractivity contribution in [2.45, 2.75) is 12.6 Å². The summed E-state index contributed by atoms with van der Waals surface area (Å²) in [6, 6.07) is 17.2. The van der Waals surface area contributed by atoms with E-state index < -0.39 is 0 Å². The van der Waals surface area contributed by atoms with Crippen LogP contribution < -0.4 is 24.8 Å². The molecule has 4 rings (SSSR count). The van der Waals surface area contributed by atoms with Crippen molar-refractivity contribution in [3.05, 3.63) is 78.2 Å². The average Bonchev–Trinajstić information content (AvgIpc) is 2.80. The Kier molecular flexibility index (Phi) is 8.48. The van der Waals surface area contributed by atoms with E-state index in [1.165, 1.54) is 12.1 Å². The van der Waals surface area contributed by atoms with Crippen LogP contribution in [0.2, 0.25) is 0 Å². The highest BCUT2D eigenvalue weighted by Crippen LogP contribution is 2.30. The third-order valence-corrected chi connectivity index (χ3v) is 4.56. The maximum absolute atomic E-state index is 13.3. The highest BCUT2D eigenvalue weighted by molar-refractivity contribution is 14.0. The Bertz CT molecular complexity index is 1050. The predicted molar refractivity (Wildman–Crippen MR) is 131 cm³/mol. The van der Waals surface area contributed by atoms with Crippen molar-refractivity contribution in [2.75, 3.05) is 20.2 Å². The van der Waals surface area contributed by atoms with Crippen molar-refractivity contribution >= 4 is 29.9 Å². The van der Waals surface area contributed by atoms with Crippen LogP contribution in [0.15, 0.2) is 71.9 Å². The normalized spacial score (nSPS) is 14.8. The quantitative estimate of drug-likeness (QED) is 0.273. The highest BCUT2D eigenvalue weighted by Gasteiger charge is 2.20. The first-order valence-corrected chi connectivity index (χ1v) is 9.91. The van der Waals surface area contributed by atoms with Gasteiger partial charge < -0.3 is 24.8 Å². The molecule has 0 saturated carbocycles. The fourth-order valence-corrected chi connectivity index (χ4v) is 3.01. The van der Waals surface area contributed by atoms with Gasteiger partial charge in [-0.1, -0.05) is 24.3 Å². The Balaban J connectivity index is 0.00000289. The lowest BCUT2D eigenvalue weighted by atomic mass is 10.2. The maximum Gasteiger partial charge on any atom is 0.219 e. The van der Waals surface area contributed by atoms with Gasteiger partial charge in [0.25, 0.3) is 0 Å². The molecular formula is C23H24FIN4O3. The highest BCUT2D eigenvalue weighted by atomic mass is 127. The summed E-state index contributed by atoms with van der Waals surface area (Å²) in [7, 11) is 1.71. The lowest BCUT2D eigenvalue weighted by Crippen LogP contribution is -2.45. The summed E-state index contributed by atoms with van der Waals surface area (Å²) in [5.41, 5.74) is 0.945. The van der Waals surface area contributed by atoms with Crippen molar-refractivity contribution in [1.82, 2.24) is 15.6 Å². The van der Waals surface area contributed by atoms with E-state index in [2.05, 4.69) is 20.6 Å². The molecule has 0 bridgehead atoms. The van der Waals surface area contributed by atoms with Crippen LogP contribution in [-0.4, -0.2) is 37.2 Å². The number of rotatable bonds is 6. The molecule has 0 amide bonds. The summed E-state index contributed by atoms with van der Waals surface area (Å²) in [4.78, 5) is 8.50. The van der Waals surface area contributed by atoms with Gasteiger partial charge in [-0.2, -0.15) is 0 Å². The van der Waals surface area contributed by atoms with Crippen LogP contribution >= 0.6 is 24.0 Å². The third-order valence-electron chi connectivity index (χ3n) is 4.56. The van der Waals surface area contributed by atoms with Crippen molar-refractivity contribution < 1.29 is 18.6 Å². The van der Waals surface area contributed by atoms with Crippen LogP contribution in [0.3, 0.4) is 0 Å². The number of hydrogen-bond acceptors (Lipinski definition) is 5. The molecule has 0 spiro atoms. The number of nitrogens with zero attached hydrogens (tertiary/aromatic N) is 2. The number of ether oxygens (including phenoxy) is 3. The molecule has 168 valence electrons. The Labute approximate surface area is 203 Å². The second-order valence-electron chi connectivity index (χ2n) is 6.87. The summed E-state index contributed by atoms with van der Waals surface area (Å²) in [5.74, 6) is 2.59. The van der Waals surface area contributed by atoms with Crippen LogP contribution in [0.25, 0.3) is 0 Å². The van der Waals surface area contributed by atoms with E-state index in [9.17, 15) is 4.39 Å². The third kappa shape index (κ3) is 6.46. The van der Waals surface area contributed by atoms with E-state index in [-0.39, 0.29) is 35.9 Å². The molecule has 1 atom stereocenters. The van der Waals surface area contributed by atoms with Gasteiger partial charge in [-0.05, 0) is 29.8 Å². The number of benzene rings is 2. The van der Waals surface area contributed by atoms with Gasteiger partial charge in [0.15, 0.2) is 17.5 Å². The molecule has 1 aliphatic rings. The molecule has 2 heterocycles. The number of halogens is 2. The first kappa shape index (κ1) is 23.6. The number of guanidine groups is 1. The smallest absolute Gasteiger partial charge is 0.219 e. The molecule has 1 aliphatic heterocycles. The second kappa shape index (κ2) is 11.5. The second-order valence-corrected chi connectivity index (χ2v) is 6.87. The molecule has 9 heteroatoms. The fraction of sp³-hybridized carbons (Fsp3) is 0.217. The number of aromatic nitrogens is 1. The molecule has 0 radical (unpaired) electrons. The van der Waals surface area contributed by atoms with Gasteiger partial charge in [0.1, 0.15) is 24.3 Å². The van der Waals surface area contributed by atoms with Crippen LogP contribution in [-0.2, 0) is 6.54 Å². The minimum Gasteiger partial charge on any atom is -0.486 e. The van der Waals surface area contributed by atoms with Gasteiger partial charge in [-0.15, -0.1) is 24.0 Å². The first-order chi connectivity index (χ1) is 15.2. The summed E-state index contributed by atoms with van der Waals surface area (Å²) in [6.45, 7) is 1.54. The molecule has 2 N–H and O–H groups in total. The van der Waals surface area contributed by atoms with Gasteiger partial charge in [-0.25, -0.2) is 9.37 Å². The first-order valence-electron chi connectivity index (χ1n) is 9.91. The van der Waals surface area contributed by atoms with Crippen molar-refractivity contribution in [2.24, 2.45) is 4.99 Å². The number of fused-ring (bicyclic) bond motifs is 1. The SMILES string of the molecule is CN=C(NCc1ccc(Oc2cccc(F)c2)nc1)NCC1COc2ccccc2O1.I. The number of nitrogens with one attached hydrogen (secondary N) is 2. The molecule has 1 aromatic heterocycles. The van der Waals surface area contributed by atoms with Gasteiger partial charge in [0.05, 0.1) is 6.54 Å². The minimum atomic E-state index is -0.355. The summed E-state index contributed by atoms with van der Waals surface area (Å²) in [6.07, 6.45) is 1.58. The van der Waals surface area contributed by atoms with E-state index in [1.807, 2.05) is 30.3 Å². The van der Waals surface area contributed by atoms with Gasteiger partial charge in [-0.3, -0.25) is 4.99 Å². The molecular weight excluding hydrogens is 526 g/mol. The summed E-state index contributed by atoms with van der Waals surface area (Å²) >= 11 is 0. The van der Waals surface area contributed by atoms with Crippen LogP contribution in [0, 0.1) is 5.82 Å². The molecule has 0 aliphatic carbocycles. The van der Waals surface area contributed by atoms with E-state index in [4.69, 9.17) is 14.2 Å². The number of hydrogen-bond donors (Lipinski definition) is 2. The molecule has 0 fully saturated rings. The van der Waals surface area contributed by atoms with E-state index in [0.29, 0.717) is 37.3 Å². The Morgan fingerprint density at radius 2 is 1.97 bits per heavy atom. The van der Waals surface area contributed by atoms with Gasteiger partial charge >= 0.3 is 0 Å². The molecule has 32 heavy (non-hydrogen) atoms. The molecule has 7 nitrogen and oxygen atoms in total. The van der Waals surface area contributed by atoms with Crippen LogP contribution in [0.5, 0.6) is 23.1 Å². The topological polar surface area (TPSA) is 77.0 Å². The number of para-hydroxylation sites is 2. The van der Waals surface area contributed by atoms with Crippen molar-refractivity contribution in [3.63, 3.8) is 0 Å². The van der Waals surface area contributed by atoms with Gasteiger partial charge in [0.2, 0.25) is 5.88 Å². The predicted octanol–water partition coefficient (Wildman–Crippen LogP) is 4.14. The van der Waals surface area contributed by atoms with E-state index >= 15 is 0 Å². The average molecular weight is 550 g/mol. The standard InChI is InChI=1S/C23H23FN4O3.HI/c1-25-23(28-14-19-15-29-20-7-2-3-8-21(20)30-19)27-13-16-9-10-22(26-12-16)31-18-6-4-5-17(24)11-18;/h2-12,19H,13-15H2,1H3,(H2,25,27,28);1H. The van der Waals surface area contributed by atoms with E-state index in [0.717, 1.165) is 17.1 Å². The molecule has 1 unspecified atom stereocenters. The lowest BCUT2D eigenvalue weighted by Gasteiger charge is -2.27. The zero-order chi connectivity index (χ0) is 21.5. The summed E-state index contributed by atoms with van der Waals surface area (Å²) in [5, 5.41) is 6.48. The van der Waals surface area contributed by atoms with E-state index in [1.54, 1.807) is 31.4 Å². The van der Waals surface area contributed by atoms with Crippen LogP contribution in [0.4, 0.5) is 4.39 Å². The van der Waals surface area contributed by atoms with Gasteiger partial charge in [0, 0.05) is 31.9 Å². The Morgan fingerprint density at radius 1 is 1.12 bits per heavy atom. The molecule has 2 aromatic carbocycles. The Hall–Kier alpha value is -3.08. The van der Waals surface area contributed by atoms with Crippen LogP contribution in [0.1, 0.15) is 5.56 Å². The lowest BCUT2D eigenvalue weighted by molar-refractivity contribution is 0.0936. The number of aliphatic imine (C=N–C) groups is 1. The monoisotopic (exact) mass is 550 g/mol. The van der Waals surface area contributed by atoms with Crippen molar-refractivity contribution in [3.8, 4) is 23.1 Å². The zero-order valence-corrected chi connectivity index (χ0v) is 19.8. The van der Waals surface area contributed by atoms with Crippen molar-refractivity contribution in [1.29, 1.82) is 0 Å². The fourth-order valence-electron chi connectivity index (χ4n) is 3.01. The zero-order valence-electron chi connectivity index (χ0n) is 17.5. The minimum absolute atomic E-state index is 0. The number of pyridine rings is 1. The molecule has 0 saturated heterocycles. The maximum atomic E-state index is 13.3. The summed E-state index contributed by atoms with van der Waals surface area (Å²) < 4.78 is 30.5. The largest absolute Gasteiger partial charge is 0.486 e.